The average Bonchev–Trinajstić information content (AvgIpc) is 2.27. The maximum absolute atomic E-state index is 8.55. The summed E-state index contributed by atoms with van der Waals surface area (Å²) in [6, 6.07) is 0.775. The molecular formula is C11H23NO3SSi. The van der Waals surface area contributed by atoms with Gasteiger partial charge >= 0.3 is 8.80 Å². The van der Waals surface area contributed by atoms with Crippen LogP contribution in [0.4, 0.5) is 0 Å². The normalized spacial score (nSPS) is 13.4. The van der Waals surface area contributed by atoms with Gasteiger partial charge in [-0.25, -0.2) is 0 Å². The molecule has 0 heterocycles. The summed E-state index contributed by atoms with van der Waals surface area (Å²) in [4.78, 5) is 0. The van der Waals surface area contributed by atoms with Gasteiger partial charge in [0, 0.05) is 31.6 Å². The first-order valence-corrected chi connectivity index (χ1v) is 8.98. The van der Waals surface area contributed by atoms with Crippen LogP contribution in [0.1, 0.15) is 27.7 Å². The van der Waals surface area contributed by atoms with E-state index < -0.39 is 8.80 Å². The monoisotopic (exact) mass is 277 g/mol. The van der Waals surface area contributed by atoms with Crippen molar-refractivity contribution in [2.45, 2.75) is 33.7 Å². The van der Waals surface area contributed by atoms with Gasteiger partial charge in [0.15, 0.2) is 0 Å². The Balaban J connectivity index is 4.47. The Bertz CT molecular complexity index is 218. The fourth-order valence-electron chi connectivity index (χ4n) is 1.63. The third-order valence-electron chi connectivity index (χ3n) is 2.12. The first-order valence-electron chi connectivity index (χ1n) is 6.06. The van der Waals surface area contributed by atoms with Crippen molar-refractivity contribution in [2.75, 3.05) is 25.6 Å². The van der Waals surface area contributed by atoms with Gasteiger partial charge in [0.05, 0.1) is 0 Å². The minimum Gasteiger partial charge on any atom is -0.374 e. The Kier molecular flexibility index (Phi) is 9.88. The summed E-state index contributed by atoms with van der Waals surface area (Å²) in [5.74, 6) is 1.15. The molecule has 0 aliphatic rings. The first kappa shape index (κ1) is 16.9. The highest BCUT2D eigenvalue weighted by molar-refractivity contribution is 8.03. The van der Waals surface area contributed by atoms with Crippen molar-refractivity contribution in [1.82, 2.24) is 0 Å². The molecule has 0 radical (unpaired) electrons. The molecule has 0 aromatic heterocycles. The number of hydrogen-bond donors (Lipinski definition) is 0. The lowest BCUT2D eigenvalue weighted by Crippen LogP contribution is -2.47. The molecule has 0 saturated heterocycles. The predicted octanol–water partition coefficient (Wildman–Crippen LogP) is 2.89. The van der Waals surface area contributed by atoms with E-state index in [-0.39, 0.29) is 0 Å². The largest absolute Gasteiger partial charge is 0.501 e. The van der Waals surface area contributed by atoms with Crippen molar-refractivity contribution < 1.29 is 13.3 Å². The summed E-state index contributed by atoms with van der Waals surface area (Å²) in [6.07, 6.45) is 0. The molecule has 0 aliphatic carbocycles. The van der Waals surface area contributed by atoms with Crippen LogP contribution in [0.25, 0.3) is 0 Å². The van der Waals surface area contributed by atoms with Gasteiger partial charge in [-0.2, -0.15) is 5.26 Å². The molecule has 0 N–H and O–H groups in total. The van der Waals surface area contributed by atoms with Gasteiger partial charge < -0.3 is 13.3 Å². The SMILES string of the molecule is CCO[Si](CC(C)CSC#N)(OCC)OCC. The number of thiocyanates is 1. The van der Waals surface area contributed by atoms with Gasteiger partial charge in [-0.1, -0.05) is 6.92 Å². The number of nitriles is 1. The van der Waals surface area contributed by atoms with Crippen LogP contribution in [0.5, 0.6) is 0 Å². The molecule has 1 atom stereocenters. The molecule has 4 nitrogen and oxygen atoms in total. The van der Waals surface area contributed by atoms with Crippen LogP contribution in [-0.2, 0) is 13.3 Å². The maximum Gasteiger partial charge on any atom is 0.501 e. The molecule has 100 valence electrons. The lowest BCUT2D eigenvalue weighted by atomic mass is 10.3. The minimum absolute atomic E-state index is 0.357. The second-order valence-electron chi connectivity index (χ2n) is 3.69. The standard InChI is InChI=1S/C11H23NO3SSi/c1-5-13-17(14-6-2,15-7-3)9-11(4)8-16-10-12/h11H,5-9H2,1-4H3. The summed E-state index contributed by atoms with van der Waals surface area (Å²) >= 11 is 1.27. The smallest absolute Gasteiger partial charge is 0.374 e. The Morgan fingerprint density at radius 3 is 1.94 bits per heavy atom. The van der Waals surface area contributed by atoms with Crippen LogP contribution < -0.4 is 0 Å². The van der Waals surface area contributed by atoms with Crippen LogP contribution in [0.3, 0.4) is 0 Å². The van der Waals surface area contributed by atoms with E-state index in [0.717, 1.165) is 11.8 Å². The maximum atomic E-state index is 8.55. The van der Waals surface area contributed by atoms with Gasteiger partial charge in [0.1, 0.15) is 5.40 Å². The molecule has 0 amide bonds. The Hall–Kier alpha value is -0.0631. The fraction of sp³-hybridized carbons (Fsp3) is 0.909. The second-order valence-corrected chi connectivity index (χ2v) is 7.14. The number of rotatable bonds is 10. The summed E-state index contributed by atoms with van der Waals surface area (Å²) < 4.78 is 17.3. The van der Waals surface area contributed by atoms with E-state index in [9.17, 15) is 0 Å². The molecule has 0 rings (SSSR count). The lowest BCUT2D eigenvalue weighted by Gasteiger charge is -2.30. The highest BCUT2D eigenvalue weighted by atomic mass is 32.2. The highest BCUT2D eigenvalue weighted by Crippen LogP contribution is 2.23. The molecule has 0 aliphatic heterocycles. The van der Waals surface area contributed by atoms with E-state index in [2.05, 4.69) is 12.3 Å². The van der Waals surface area contributed by atoms with Crippen LogP contribution in [0.2, 0.25) is 6.04 Å². The Labute approximate surface area is 110 Å². The lowest BCUT2D eigenvalue weighted by molar-refractivity contribution is 0.0684. The van der Waals surface area contributed by atoms with Crippen LogP contribution in [-0.4, -0.2) is 34.4 Å². The van der Waals surface area contributed by atoms with E-state index in [1.807, 2.05) is 20.8 Å². The molecule has 0 spiro atoms. The fourth-order valence-corrected chi connectivity index (χ4v) is 5.23. The highest BCUT2D eigenvalue weighted by Gasteiger charge is 2.41. The summed E-state index contributed by atoms with van der Waals surface area (Å²) in [6.45, 7) is 9.76. The van der Waals surface area contributed by atoms with Crippen molar-refractivity contribution in [2.24, 2.45) is 5.92 Å². The zero-order valence-corrected chi connectivity index (χ0v) is 13.0. The number of nitrogens with zero attached hydrogens (tertiary/aromatic N) is 1. The minimum atomic E-state index is -2.53. The third kappa shape index (κ3) is 7.06. The van der Waals surface area contributed by atoms with Crippen molar-refractivity contribution in [3.63, 3.8) is 0 Å². The molecule has 17 heavy (non-hydrogen) atoms. The van der Waals surface area contributed by atoms with Crippen molar-refractivity contribution >= 4 is 20.6 Å². The van der Waals surface area contributed by atoms with E-state index in [4.69, 9.17) is 18.5 Å². The van der Waals surface area contributed by atoms with Crippen LogP contribution in [0.15, 0.2) is 0 Å². The molecule has 0 aromatic rings. The van der Waals surface area contributed by atoms with Crippen molar-refractivity contribution in [3.8, 4) is 5.40 Å². The van der Waals surface area contributed by atoms with Crippen molar-refractivity contribution in [1.29, 1.82) is 5.26 Å². The molecule has 0 aromatic carbocycles. The van der Waals surface area contributed by atoms with Gasteiger partial charge in [-0.15, -0.1) is 0 Å². The molecular weight excluding hydrogens is 254 g/mol. The topological polar surface area (TPSA) is 51.5 Å². The number of thioether (sulfide) groups is 1. The first-order chi connectivity index (χ1) is 8.14. The zero-order chi connectivity index (χ0) is 13.1. The van der Waals surface area contributed by atoms with Crippen LogP contribution >= 0.6 is 11.8 Å². The molecule has 0 saturated carbocycles. The summed E-state index contributed by atoms with van der Waals surface area (Å²) in [5.41, 5.74) is 0. The third-order valence-corrected chi connectivity index (χ3v) is 6.37. The van der Waals surface area contributed by atoms with E-state index >= 15 is 0 Å². The predicted molar refractivity (Wildman–Crippen MR) is 72.7 cm³/mol. The number of hydrogen-bond acceptors (Lipinski definition) is 5. The Morgan fingerprint density at radius 2 is 1.59 bits per heavy atom. The van der Waals surface area contributed by atoms with E-state index in [1.165, 1.54) is 11.8 Å². The summed E-state index contributed by atoms with van der Waals surface area (Å²) in [5, 5.41) is 10.6. The van der Waals surface area contributed by atoms with E-state index in [0.29, 0.717) is 25.7 Å². The summed E-state index contributed by atoms with van der Waals surface area (Å²) in [7, 11) is -2.53. The average molecular weight is 277 g/mol. The van der Waals surface area contributed by atoms with E-state index in [1.54, 1.807) is 0 Å². The quantitative estimate of drug-likeness (QED) is 0.454. The molecule has 0 fully saturated rings. The van der Waals surface area contributed by atoms with Crippen molar-refractivity contribution in [3.05, 3.63) is 0 Å². The zero-order valence-electron chi connectivity index (χ0n) is 11.2. The molecule has 6 heteroatoms. The van der Waals surface area contributed by atoms with Gasteiger partial charge in [-0.3, -0.25) is 0 Å². The van der Waals surface area contributed by atoms with Gasteiger partial charge in [0.2, 0.25) is 0 Å². The molecule has 1 unspecified atom stereocenters. The molecule has 0 bridgehead atoms. The van der Waals surface area contributed by atoms with Gasteiger partial charge in [-0.05, 0) is 38.5 Å². The van der Waals surface area contributed by atoms with Crippen LogP contribution in [0, 0.1) is 16.6 Å². The van der Waals surface area contributed by atoms with Gasteiger partial charge in [0.25, 0.3) is 0 Å². The Morgan fingerprint density at radius 1 is 1.12 bits per heavy atom. The second kappa shape index (κ2) is 9.92.